The Labute approximate surface area is 134 Å². The van der Waals surface area contributed by atoms with Gasteiger partial charge in [-0.05, 0) is 31.0 Å². The standard InChI is InChI=1S/C15H20ClNO5/c1-4-9(2)22-8-13(18)17-14(15(19)20)10-5-6-12(21-3)11(16)7-10/h5-7,9,14H,4,8H2,1-3H3,(H,17,18)(H,19,20). The predicted octanol–water partition coefficient (Wildman–Crippen LogP) is 2.41. The van der Waals surface area contributed by atoms with Crippen LogP contribution in [0.3, 0.4) is 0 Å². The van der Waals surface area contributed by atoms with E-state index in [-0.39, 0.29) is 17.7 Å². The minimum Gasteiger partial charge on any atom is -0.495 e. The van der Waals surface area contributed by atoms with E-state index in [1.807, 2.05) is 13.8 Å². The van der Waals surface area contributed by atoms with Crippen molar-refractivity contribution in [3.63, 3.8) is 0 Å². The van der Waals surface area contributed by atoms with E-state index in [1.54, 1.807) is 12.1 Å². The fourth-order valence-corrected chi connectivity index (χ4v) is 1.95. The molecule has 6 nitrogen and oxygen atoms in total. The second kappa shape index (κ2) is 8.60. The summed E-state index contributed by atoms with van der Waals surface area (Å²) in [5.74, 6) is -1.25. The van der Waals surface area contributed by atoms with Gasteiger partial charge in [0.2, 0.25) is 5.91 Å². The molecular formula is C15H20ClNO5. The quantitative estimate of drug-likeness (QED) is 0.765. The van der Waals surface area contributed by atoms with Crippen molar-refractivity contribution >= 4 is 23.5 Å². The Morgan fingerprint density at radius 1 is 1.41 bits per heavy atom. The molecule has 0 saturated carbocycles. The first-order chi connectivity index (χ1) is 10.4. The first-order valence-corrected chi connectivity index (χ1v) is 7.24. The Hall–Kier alpha value is -1.79. The largest absolute Gasteiger partial charge is 0.495 e. The van der Waals surface area contributed by atoms with E-state index < -0.39 is 17.9 Å². The summed E-state index contributed by atoms with van der Waals surface area (Å²) in [6, 6.07) is 3.35. The monoisotopic (exact) mass is 329 g/mol. The van der Waals surface area contributed by atoms with Gasteiger partial charge in [-0.15, -0.1) is 0 Å². The van der Waals surface area contributed by atoms with Crippen LogP contribution in [0.15, 0.2) is 18.2 Å². The first kappa shape index (κ1) is 18.3. The van der Waals surface area contributed by atoms with Crippen LogP contribution in [0.5, 0.6) is 5.75 Å². The van der Waals surface area contributed by atoms with Crippen LogP contribution in [0.4, 0.5) is 0 Å². The molecule has 1 amide bonds. The molecule has 0 fully saturated rings. The van der Waals surface area contributed by atoms with Gasteiger partial charge in [-0.3, -0.25) is 4.79 Å². The highest BCUT2D eigenvalue weighted by Gasteiger charge is 2.23. The second-order valence-corrected chi connectivity index (χ2v) is 5.17. The van der Waals surface area contributed by atoms with Crippen LogP contribution in [0.25, 0.3) is 0 Å². The number of hydrogen-bond donors (Lipinski definition) is 2. The van der Waals surface area contributed by atoms with Crippen LogP contribution in [-0.2, 0) is 14.3 Å². The molecule has 0 heterocycles. The number of aliphatic carboxylic acids is 1. The van der Waals surface area contributed by atoms with E-state index in [2.05, 4.69) is 5.32 Å². The SMILES string of the molecule is CCC(C)OCC(=O)NC(C(=O)O)c1ccc(OC)c(Cl)c1. The van der Waals surface area contributed by atoms with Crippen molar-refractivity contribution in [1.82, 2.24) is 5.32 Å². The molecule has 2 atom stereocenters. The Kier molecular flexibility index (Phi) is 7.14. The van der Waals surface area contributed by atoms with Gasteiger partial charge in [-0.2, -0.15) is 0 Å². The second-order valence-electron chi connectivity index (χ2n) is 4.76. The predicted molar refractivity (Wildman–Crippen MR) is 82.2 cm³/mol. The number of methoxy groups -OCH3 is 1. The number of carbonyl (C=O) groups is 2. The lowest BCUT2D eigenvalue weighted by molar-refractivity contribution is -0.143. The highest BCUT2D eigenvalue weighted by atomic mass is 35.5. The molecule has 1 aromatic carbocycles. The summed E-state index contributed by atoms with van der Waals surface area (Å²) in [6.07, 6.45) is 0.702. The molecule has 0 aromatic heterocycles. The van der Waals surface area contributed by atoms with Crippen molar-refractivity contribution in [1.29, 1.82) is 0 Å². The average molecular weight is 330 g/mol. The molecule has 2 unspecified atom stereocenters. The Morgan fingerprint density at radius 3 is 2.59 bits per heavy atom. The molecule has 0 saturated heterocycles. The van der Waals surface area contributed by atoms with Crippen LogP contribution in [0.1, 0.15) is 31.9 Å². The van der Waals surface area contributed by atoms with Crippen molar-refractivity contribution in [3.8, 4) is 5.75 Å². The lowest BCUT2D eigenvalue weighted by Crippen LogP contribution is -2.36. The number of amides is 1. The van der Waals surface area contributed by atoms with Gasteiger partial charge >= 0.3 is 5.97 Å². The summed E-state index contributed by atoms with van der Waals surface area (Å²) in [5.41, 5.74) is 0.357. The molecule has 1 aromatic rings. The smallest absolute Gasteiger partial charge is 0.330 e. The number of carboxylic acids is 1. The van der Waals surface area contributed by atoms with E-state index in [4.69, 9.17) is 21.1 Å². The lowest BCUT2D eigenvalue weighted by Gasteiger charge is -2.17. The lowest BCUT2D eigenvalue weighted by atomic mass is 10.1. The van der Waals surface area contributed by atoms with E-state index in [0.717, 1.165) is 6.42 Å². The van der Waals surface area contributed by atoms with Crippen molar-refractivity contribution < 1.29 is 24.2 Å². The van der Waals surface area contributed by atoms with Crippen LogP contribution in [-0.4, -0.2) is 36.8 Å². The van der Waals surface area contributed by atoms with Gasteiger partial charge in [0.25, 0.3) is 0 Å². The zero-order valence-electron chi connectivity index (χ0n) is 12.8. The zero-order chi connectivity index (χ0) is 16.7. The number of hydrogen-bond acceptors (Lipinski definition) is 4. The number of rotatable bonds is 8. The fourth-order valence-electron chi connectivity index (χ4n) is 1.69. The van der Waals surface area contributed by atoms with Gasteiger partial charge in [0.05, 0.1) is 18.2 Å². The summed E-state index contributed by atoms with van der Waals surface area (Å²) < 4.78 is 10.3. The average Bonchev–Trinajstić information content (AvgIpc) is 2.49. The van der Waals surface area contributed by atoms with Gasteiger partial charge in [-0.1, -0.05) is 24.6 Å². The van der Waals surface area contributed by atoms with E-state index >= 15 is 0 Å². The molecule has 2 N–H and O–H groups in total. The highest BCUT2D eigenvalue weighted by molar-refractivity contribution is 6.32. The fraction of sp³-hybridized carbons (Fsp3) is 0.467. The molecule has 0 aliphatic rings. The van der Waals surface area contributed by atoms with Gasteiger partial charge in [0, 0.05) is 0 Å². The van der Waals surface area contributed by atoms with Gasteiger partial charge in [-0.25, -0.2) is 4.79 Å². The zero-order valence-corrected chi connectivity index (χ0v) is 13.5. The highest BCUT2D eigenvalue weighted by Crippen LogP contribution is 2.27. The summed E-state index contributed by atoms with van der Waals surface area (Å²) in [6.45, 7) is 3.58. The number of carboxylic acid groups (broad SMARTS) is 1. The molecule has 0 radical (unpaired) electrons. The third-order valence-electron chi connectivity index (χ3n) is 3.14. The van der Waals surface area contributed by atoms with Crippen LogP contribution in [0.2, 0.25) is 5.02 Å². The number of carbonyl (C=O) groups excluding carboxylic acids is 1. The van der Waals surface area contributed by atoms with Gasteiger partial charge in [0.15, 0.2) is 6.04 Å². The number of nitrogens with one attached hydrogen (secondary N) is 1. The van der Waals surface area contributed by atoms with Gasteiger partial charge in [0.1, 0.15) is 12.4 Å². The molecule has 0 aliphatic heterocycles. The van der Waals surface area contributed by atoms with Crippen molar-refractivity contribution in [2.75, 3.05) is 13.7 Å². The molecule has 0 spiro atoms. The molecule has 0 bridgehead atoms. The van der Waals surface area contributed by atoms with E-state index in [1.165, 1.54) is 13.2 Å². The van der Waals surface area contributed by atoms with E-state index in [9.17, 15) is 14.7 Å². The minimum absolute atomic E-state index is 0.0653. The molecule has 22 heavy (non-hydrogen) atoms. The number of ether oxygens (including phenoxy) is 2. The molecule has 1 rings (SSSR count). The maximum atomic E-state index is 11.8. The molecular weight excluding hydrogens is 310 g/mol. The maximum absolute atomic E-state index is 11.8. The first-order valence-electron chi connectivity index (χ1n) is 6.86. The third-order valence-corrected chi connectivity index (χ3v) is 3.43. The van der Waals surface area contributed by atoms with Crippen molar-refractivity contribution in [2.24, 2.45) is 0 Å². The Bertz CT molecular complexity index is 535. The summed E-state index contributed by atoms with van der Waals surface area (Å²) in [5, 5.41) is 12.0. The Balaban J connectivity index is 2.79. The molecule has 7 heteroatoms. The van der Waals surface area contributed by atoms with Crippen LogP contribution in [0, 0.1) is 0 Å². The van der Waals surface area contributed by atoms with Gasteiger partial charge < -0.3 is 19.9 Å². The maximum Gasteiger partial charge on any atom is 0.330 e. The minimum atomic E-state index is -1.20. The number of benzene rings is 1. The Morgan fingerprint density at radius 2 is 2.09 bits per heavy atom. The summed E-state index contributed by atoms with van der Waals surface area (Å²) in [7, 11) is 1.46. The molecule has 0 aliphatic carbocycles. The van der Waals surface area contributed by atoms with Crippen molar-refractivity contribution in [3.05, 3.63) is 28.8 Å². The summed E-state index contributed by atoms with van der Waals surface area (Å²) >= 11 is 5.98. The van der Waals surface area contributed by atoms with Crippen LogP contribution < -0.4 is 10.1 Å². The van der Waals surface area contributed by atoms with Crippen molar-refractivity contribution in [2.45, 2.75) is 32.4 Å². The number of halogens is 1. The molecule has 122 valence electrons. The summed E-state index contributed by atoms with van der Waals surface area (Å²) in [4.78, 5) is 23.2. The third kappa shape index (κ3) is 5.20. The van der Waals surface area contributed by atoms with Crippen LogP contribution >= 0.6 is 11.6 Å². The topological polar surface area (TPSA) is 84.9 Å². The van der Waals surface area contributed by atoms with E-state index in [0.29, 0.717) is 11.3 Å². The normalized spacial score (nSPS) is 13.3.